The number of nitrogens with zero attached hydrogens (tertiary/aromatic N) is 3. The molecule has 0 saturated carbocycles. The van der Waals surface area contributed by atoms with Crippen LogP contribution in [-0.2, 0) is 18.9 Å². The highest BCUT2D eigenvalue weighted by Gasteiger charge is 2.39. The fraction of sp³-hybridized carbons (Fsp3) is 0.200. The number of hydrogen-bond acceptors (Lipinski definition) is 7. The molecule has 1 aliphatic heterocycles. The highest BCUT2D eigenvalue weighted by Crippen LogP contribution is 2.39. The van der Waals surface area contributed by atoms with Gasteiger partial charge in [0.05, 0.1) is 22.6 Å². The number of alkyl halides is 6. The molecule has 0 aliphatic carbocycles. The second-order valence-corrected chi connectivity index (χ2v) is 7.26. The minimum Gasteiger partial charge on any atom is -0.454 e. The average molecular weight is 502 g/mol. The van der Waals surface area contributed by atoms with E-state index >= 15 is 0 Å². The molecule has 2 heterocycles. The Kier molecular flexibility index (Phi) is 5.57. The van der Waals surface area contributed by atoms with Gasteiger partial charge in [-0.15, -0.1) is 0 Å². The van der Waals surface area contributed by atoms with E-state index in [1.807, 2.05) is 0 Å². The molecule has 1 aromatic heterocycles. The van der Waals surface area contributed by atoms with Crippen molar-refractivity contribution in [1.29, 1.82) is 0 Å². The number of aromatic nitrogens is 2. The summed E-state index contributed by atoms with van der Waals surface area (Å²) >= 11 is 0. The first kappa shape index (κ1) is 23.8. The van der Waals surface area contributed by atoms with Crippen molar-refractivity contribution in [2.45, 2.75) is 18.9 Å². The molecule has 0 atom stereocenters. The van der Waals surface area contributed by atoms with Gasteiger partial charge in [-0.05, 0) is 29.8 Å². The van der Waals surface area contributed by atoms with Gasteiger partial charge in [0.25, 0.3) is 11.2 Å². The van der Waals surface area contributed by atoms with Crippen LogP contribution >= 0.6 is 0 Å². The zero-order valence-electron chi connectivity index (χ0n) is 17.1. The third kappa shape index (κ3) is 4.43. The van der Waals surface area contributed by atoms with Gasteiger partial charge in [-0.2, -0.15) is 26.3 Å². The number of ether oxygens (including phenoxy) is 2. The van der Waals surface area contributed by atoms with E-state index < -0.39 is 63.4 Å². The zero-order chi connectivity index (χ0) is 25.7. The molecule has 3 aromatic rings. The topological polar surface area (TPSA) is 123 Å². The largest absolute Gasteiger partial charge is 0.454 e. The Morgan fingerprint density at radius 2 is 1.71 bits per heavy atom. The second-order valence-electron chi connectivity index (χ2n) is 7.26. The van der Waals surface area contributed by atoms with Gasteiger partial charge in [0.2, 0.25) is 6.79 Å². The van der Waals surface area contributed by atoms with Gasteiger partial charge >= 0.3 is 12.4 Å². The summed E-state index contributed by atoms with van der Waals surface area (Å²) < 4.78 is 90.8. The summed E-state index contributed by atoms with van der Waals surface area (Å²) in [6.45, 7) is -0.575. The van der Waals surface area contributed by atoms with Crippen LogP contribution in [0.25, 0.3) is 11.4 Å². The van der Waals surface area contributed by atoms with Crippen LogP contribution in [0.3, 0.4) is 0 Å². The third-order valence-corrected chi connectivity index (χ3v) is 5.01. The maximum absolute atomic E-state index is 13.5. The van der Waals surface area contributed by atoms with Crippen LogP contribution < -0.4 is 20.8 Å². The number of nitro groups is 1. The van der Waals surface area contributed by atoms with Gasteiger partial charge in [-0.3, -0.25) is 19.5 Å². The predicted molar refractivity (Wildman–Crippen MR) is 107 cm³/mol. The van der Waals surface area contributed by atoms with Crippen LogP contribution in [0.1, 0.15) is 16.8 Å². The van der Waals surface area contributed by atoms with Crippen molar-refractivity contribution in [1.82, 2.24) is 9.55 Å². The Labute approximate surface area is 190 Å². The summed E-state index contributed by atoms with van der Waals surface area (Å²) in [7, 11) is 0. The Morgan fingerprint density at radius 1 is 1.03 bits per heavy atom. The maximum atomic E-state index is 13.5. The van der Waals surface area contributed by atoms with Crippen molar-refractivity contribution in [3.8, 4) is 22.9 Å². The lowest BCUT2D eigenvalue weighted by molar-refractivity contribution is -0.384. The summed E-state index contributed by atoms with van der Waals surface area (Å²) in [6.07, 6.45) is -10.2. The van der Waals surface area contributed by atoms with E-state index in [9.17, 15) is 41.3 Å². The summed E-state index contributed by atoms with van der Waals surface area (Å²) in [5.41, 5.74) is -2.18. The highest BCUT2D eigenvalue weighted by atomic mass is 19.4. The van der Waals surface area contributed by atoms with Crippen molar-refractivity contribution in [2.24, 2.45) is 0 Å². The Hall–Kier alpha value is -4.30. The van der Waals surface area contributed by atoms with Crippen LogP contribution in [0.4, 0.5) is 37.7 Å². The average Bonchev–Trinajstić information content (AvgIpc) is 3.23. The third-order valence-electron chi connectivity index (χ3n) is 5.01. The first-order valence-corrected chi connectivity index (χ1v) is 9.49. The molecule has 4 rings (SSSR count). The number of nitrogen functional groups attached to an aromatic ring is 1. The number of benzene rings is 2. The molecule has 0 spiro atoms. The Morgan fingerprint density at radius 3 is 2.34 bits per heavy atom. The van der Waals surface area contributed by atoms with E-state index in [1.165, 1.54) is 18.2 Å². The minimum absolute atomic E-state index is 0.0868. The number of nitro benzene ring substituents is 1. The molecule has 0 saturated heterocycles. The van der Waals surface area contributed by atoms with E-state index in [4.69, 9.17) is 15.2 Å². The van der Waals surface area contributed by atoms with E-state index in [1.54, 1.807) is 0 Å². The smallest absolute Gasteiger partial charge is 0.435 e. The molecule has 0 amide bonds. The predicted octanol–water partition coefficient (Wildman–Crippen LogP) is 4.22. The SMILES string of the molecule is Nc1c(C(F)(F)F)nc(-c2ccc(C(F)(F)F)cc2[N+](=O)[O-])n(Cc2ccc3c(c2)OCO3)c1=O. The van der Waals surface area contributed by atoms with Gasteiger partial charge in [0.15, 0.2) is 23.0 Å². The molecule has 184 valence electrons. The van der Waals surface area contributed by atoms with Crippen LogP contribution in [0.5, 0.6) is 11.5 Å². The first-order valence-electron chi connectivity index (χ1n) is 9.49. The molecular formula is C20H12F6N4O5. The second kappa shape index (κ2) is 8.18. The normalized spacial score (nSPS) is 13.2. The maximum Gasteiger partial charge on any atom is 0.435 e. The van der Waals surface area contributed by atoms with Crippen LogP contribution in [0.2, 0.25) is 0 Å². The molecule has 0 radical (unpaired) electrons. The summed E-state index contributed by atoms with van der Waals surface area (Å²) in [5, 5.41) is 11.6. The van der Waals surface area contributed by atoms with E-state index in [0.29, 0.717) is 22.4 Å². The lowest BCUT2D eigenvalue weighted by Crippen LogP contribution is -2.30. The van der Waals surface area contributed by atoms with Crippen LogP contribution in [-0.4, -0.2) is 21.3 Å². The van der Waals surface area contributed by atoms with Gasteiger partial charge < -0.3 is 15.2 Å². The number of halogens is 6. The van der Waals surface area contributed by atoms with Gasteiger partial charge in [0, 0.05) is 6.07 Å². The molecule has 0 fully saturated rings. The van der Waals surface area contributed by atoms with Gasteiger partial charge in [-0.1, -0.05) is 6.07 Å². The number of hydrogen-bond donors (Lipinski definition) is 1. The molecule has 2 aromatic carbocycles. The Balaban J connectivity index is 1.97. The van der Waals surface area contributed by atoms with Crippen LogP contribution in [0.15, 0.2) is 41.2 Å². The van der Waals surface area contributed by atoms with E-state index in [2.05, 4.69) is 4.98 Å². The minimum atomic E-state index is -5.23. The lowest BCUT2D eigenvalue weighted by atomic mass is 10.1. The molecule has 0 bridgehead atoms. The fourth-order valence-corrected chi connectivity index (χ4v) is 3.41. The molecule has 0 unspecified atom stereocenters. The molecule has 2 N–H and O–H groups in total. The van der Waals surface area contributed by atoms with Crippen LogP contribution in [0, 0.1) is 10.1 Å². The molecule has 9 nitrogen and oxygen atoms in total. The van der Waals surface area contributed by atoms with E-state index in [-0.39, 0.29) is 24.2 Å². The standard InChI is InChI=1S/C20H12F6N4O5/c21-19(22,23)10-2-3-11(12(6-10)30(32)33)17-28-16(20(24,25)26)15(27)18(31)29(17)7-9-1-4-13-14(5-9)35-8-34-13/h1-6H,7-8,27H2. The monoisotopic (exact) mass is 502 g/mol. The quantitative estimate of drug-likeness (QED) is 0.322. The number of nitrogens with two attached hydrogens (primary N) is 1. The molecule has 35 heavy (non-hydrogen) atoms. The van der Waals surface area contributed by atoms with Crippen molar-refractivity contribution in [3.05, 3.63) is 73.7 Å². The molecule has 15 heteroatoms. The lowest BCUT2D eigenvalue weighted by Gasteiger charge is -2.17. The summed E-state index contributed by atoms with van der Waals surface area (Å²) in [6, 6.07) is 5.48. The van der Waals surface area contributed by atoms with Crippen molar-refractivity contribution < 1.29 is 40.7 Å². The Bertz CT molecular complexity index is 1400. The van der Waals surface area contributed by atoms with Crippen molar-refractivity contribution >= 4 is 11.4 Å². The first-order chi connectivity index (χ1) is 16.3. The summed E-state index contributed by atoms with van der Waals surface area (Å²) in [4.78, 5) is 26.6. The molecule has 1 aliphatic rings. The number of anilines is 1. The summed E-state index contributed by atoms with van der Waals surface area (Å²) in [5.74, 6) is -0.259. The van der Waals surface area contributed by atoms with Gasteiger partial charge in [0.1, 0.15) is 5.69 Å². The number of rotatable bonds is 4. The van der Waals surface area contributed by atoms with E-state index in [0.717, 1.165) is 0 Å². The highest BCUT2D eigenvalue weighted by molar-refractivity contribution is 5.70. The van der Waals surface area contributed by atoms with Crippen molar-refractivity contribution in [2.75, 3.05) is 12.5 Å². The van der Waals surface area contributed by atoms with Crippen molar-refractivity contribution in [3.63, 3.8) is 0 Å². The van der Waals surface area contributed by atoms with Gasteiger partial charge in [-0.25, -0.2) is 4.98 Å². The molecular weight excluding hydrogens is 490 g/mol. The fourth-order valence-electron chi connectivity index (χ4n) is 3.41. The number of fused-ring (bicyclic) bond motifs is 1. The zero-order valence-corrected chi connectivity index (χ0v) is 17.1.